The van der Waals surface area contributed by atoms with Crippen LogP contribution in [-0.4, -0.2) is 13.2 Å². The Morgan fingerprint density at radius 1 is 1.25 bits per heavy atom. The first kappa shape index (κ1) is 13.0. The number of ether oxygens (including phenoxy) is 1. The topological polar surface area (TPSA) is 21.3 Å². The SMILES string of the molecule is CCC(NCc1ccccc1OC)C(C)C. The Morgan fingerprint density at radius 3 is 2.50 bits per heavy atom. The number of rotatable bonds is 6. The zero-order chi connectivity index (χ0) is 12.0. The average molecular weight is 221 g/mol. The summed E-state index contributed by atoms with van der Waals surface area (Å²) >= 11 is 0. The second-order valence-electron chi connectivity index (χ2n) is 4.45. The van der Waals surface area contributed by atoms with Crippen molar-refractivity contribution in [2.24, 2.45) is 5.92 Å². The molecular weight excluding hydrogens is 198 g/mol. The smallest absolute Gasteiger partial charge is 0.123 e. The minimum absolute atomic E-state index is 0.574. The lowest BCUT2D eigenvalue weighted by Gasteiger charge is -2.21. The highest BCUT2D eigenvalue weighted by Crippen LogP contribution is 2.17. The van der Waals surface area contributed by atoms with E-state index in [0.29, 0.717) is 12.0 Å². The van der Waals surface area contributed by atoms with Crippen molar-refractivity contribution in [1.82, 2.24) is 5.32 Å². The Balaban J connectivity index is 2.59. The van der Waals surface area contributed by atoms with Crippen molar-refractivity contribution in [3.8, 4) is 5.75 Å². The van der Waals surface area contributed by atoms with Crippen LogP contribution in [0.15, 0.2) is 24.3 Å². The van der Waals surface area contributed by atoms with Gasteiger partial charge < -0.3 is 10.1 Å². The minimum Gasteiger partial charge on any atom is -0.496 e. The molecule has 1 aromatic rings. The fraction of sp³-hybridized carbons (Fsp3) is 0.571. The molecule has 0 radical (unpaired) electrons. The predicted molar refractivity (Wildman–Crippen MR) is 68.8 cm³/mol. The summed E-state index contributed by atoms with van der Waals surface area (Å²) < 4.78 is 5.33. The lowest BCUT2D eigenvalue weighted by Crippen LogP contribution is -2.32. The summed E-state index contributed by atoms with van der Waals surface area (Å²) in [7, 11) is 1.72. The Kier molecular flexibility index (Phi) is 5.33. The third-order valence-electron chi connectivity index (χ3n) is 2.99. The van der Waals surface area contributed by atoms with Crippen LogP contribution in [0.25, 0.3) is 0 Å². The van der Waals surface area contributed by atoms with E-state index in [1.807, 2.05) is 12.1 Å². The Morgan fingerprint density at radius 2 is 1.94 bits per heavy atom. The molecule has 0 saturated heterocycles. The van der Waals surface area contributed by atoms with Gasteiger partial charge in [0, 0.05) is 18.2 Å². The van der Waals surface area contributed by atoms with Crippen molar-refractivity contribution in [2.45, 2.75) is 39.8 Å². The highest BCUT2D eigenvalue weighted by molar-refractivity contribution is 5.33. The molecule has 0 aliphatic rings. The monoisotopic (exact) mass is 221 g/mol. The van der Waals surface area contributed by atoms with E-state index in [1.54, 1.807) is 7.11 Å². The van der Waals surface area contributed by atoms with Crippen LogP contribution in [0.2, 0.25) is 0 Å². The molecular formula is C14H23NO. The standard InChI is InChI=1S/C14H23NO/c1-5-13(11(2)3)15-10-12-8-6-7-9-14(12)16-4/h6-9,11,13,15H,5,10H2,1-4H3. The molecule has 0 amide bonds. The van der Waals surface area contributed by atoms with E-state index in [2.05, 4.69) is 38.2 Å². The fourth-order valence-corrected chi connectivity index (χ4v) is 1.94. The van der Waals surface area contributed by atoms with Crippen LogP contribution >= 0.6 is 0 Å². The van der Waals surface area contributed by atoms with Crippen molar-refractivity contribution < 1.29 is 4.74 Å². The van der Waals surface area contributed by atoms with Crippen molar-refractivity contribution in [3.63, 3.8) is 0 Å². The second kappa shape index (κ2) is 6.54. The van der Waals surface area contributed by atoms with Crippen molar-refractivity contribution >= 4 is 0 Å². The fourth-order valence-electron chi connectivity index (χ4n) is 1.94. The van der Waals surface area contributed by atoms with Gasteiger partial charge in [-0.25, -0.2) is 0 Å². The highest BCUT2D eigenvalue weighted by Gasteiger charge is 2.10. The third kappa shape index (κ3) is 3.53. The lowest BCUT2D eigenvalue weighted by molar-refractivity contribution is 0.375. The molecule has 0 aliphatic heterocycles. The van der Waals surface area contributed by atoms with E-state index in [1.165, 1.54) is 5.56 Å². The van der Waals surface area contributed by atoms with Crippen LogP contribution in [0, 0.1) is 5.92 Å². The molecule has 1 unspecified atom stereocenters. The molecule has 2 heteroatoms. The summed E-state index contributed by atoms with van der Waals surface area (Å²) in [5.41, 5.74) is 1.23. The van der Waals surface area contributed by atoms with Gasteiger partial charge in [-0.2, -0.15) is 0 Å². The van der Waals surface area contributed by atoms with Gasteiger partial charge in [0.05, 0.1) is 7.11 Å². The number of hydrogen-bond acceptors (Lipinski definition) is 2. The summed E-state index contributed by atoms with van der Waals surface area (Å²) in [6, 6.07) is 8.74. The quantitative estimate of drug-likeness (QED) is 0.796. The first-order chi connectivity index (χ1) is 7.69. The average Bonchev–Trinajstić information content (AvgIpc) is 2.30. The number of methoxy groups -OCH3 is 1. The molecule has 16 heavy (non-hydrogen) atoms. The number of benzene rings is 1. The molecule has 0 fully saturated rings. The van der Waals surface area contributed by atoms with E-state index < -0.39 is 0 Å². The number of para-hydroxylation sites is 1. The highest BCUT2D eigenvalue weighted by atomic mass is 16.5. The molecule has 0 saturated carbocycles. The van der Waals surface area contributed by atoms with E-state index >= 15 is 0 Å². The maximum Gasteiger partial charge on any atom is 0.123 e. The molecule has 0 heterocycles. The van der Waals surface area contributed by atoms with Gasteiger partial charge in [0.25, 0.3) is 0 Å². The number of hydrogen-bond donors (Lipinski definition) is 1. The van der Waals surface area contributed by atoms with E-state index in [-0.39, 0.29) is 0 Å². The predicted octanol–water partition coefficient (Wildman–Crippen LogP) is 3.22. The molecule has 0 bridgehead atoms. The Hall–Kier alpha value is -1.02. The van der Waals surface area contributed by atoms with Crippen molar-refractivity contribution in [1.29, 1.82) is 0 Å². The maximum atomic E-state index is 5.33. The van der Waals surface area contributed by atoms with Crippen LogP contribution in [0.1, 0.15) is 32.8 Å². The second-order valence-corrected chi connectivity index (χ2v) is 4.45. The first-order valence-corrected chi connectivity index (χ1v) is 6.04. The molecule has 1 N–H and O–H groups in total. The zero-order valence-electron chi connectivity index (χ0n) is 10.8. The summed E-state index contributed by atoms with van der Waals surface area (Å²) in [4.78, 5) is 0. The molecule has 0 aliphatic carbocycles. The lowest BCUT2D eigenvalue weighted by atomic mass is 10.0. The van der Waals surface area contributed by atoms with Crippen LogP contribution in [0.5, 0.6) is 5.75 Å². The van der Waals surface area contributed by atoms with Gasteiger partial charge in [-0.05, 0) is 18.4 Å². The van der Waals surface area contributed by atoms with E-state index in [0.717, 1.165) is 18.7 Å². The molecule has 0 spiro atoms. The molecule has 1 rings (SSSR count). The van der Waals surface area contributed by atoms with E-state index in [4.69, 9.17) is 4.74 Å². The van der Waals surface area contributed by atoms with Crippen LogP contribution in [-0.2, 0) is 6.54 Å². The van der Waals surface area contributed by atoms with Gasteiger partial charge in [0.1, 0.15) is 5.75 Å². The normalized spacial score (nSPS) is 12.8. The molecule has 90 valence electrons. The van der Waals surface area contributed by atoms with Crippen LogP contribution in [0.4, 0.5) is 0 Å². The Bertz CT molecular complexity index is 309. The van der Waals surface area contributed by atoms with E-state index in [9.17, 15) is 0 Å². The third-order valence-corrected chi connectivity index (χ3v) is 2.99. The number of nitrogens with one attached hydrogen (secondary N) is 1. The molecule has 1 atom stereocenters. The van der Waals surface area contributed by atoms with Gasteiger partial charge in [0.2, 0.25) is 0 Å². The van der Waals surface area contributed by atoms with Crippen LogP contribution < -0.4 is 10.1 Å². The summed E-state index contributed by atoms with van der Waals surface area (Å²) in [6.07, 6.45) is 1.16. The van der Waals surface area contributed by atoms with Crippen LogP contribution in [0.3, 0.4) is 0 Å². The van der Waals surface area contributed by atoms with Crippen molar-refractivity contribution in [3.05, 3.63) is 29.8 Å². The molecule has 0 aromatic heterocycles. The van der Waals surface area contributed by atoms with Gasteiger partial charge in [-0.15, -0.1) is 0 Å². The minimum atomic E-state index is 0.574. The molecule has 1 aromatic carbocycles. The first-order valence-electron chi connectivity index (χ1n) is 6.04. The zero-order valence-corrected chi connectivity index (χ0v) is 10.8. The van der Waals surface area contributed by atoms with Gasteiger partial charge >= 0.3 is 0 Å². The summed E-state index contributed by atoms with van der Waals surface area (Å²) in [5.74, 6) is 1.63. The van der Waals surface area contributed by atoms with Gasteiger partial charge in [0.15, 0.2) is 0 Å². The van der Waals surface area contributed by atoms with Crippen molar-refractivity contribution in [2.75, 3.05) is 7.11 Å². The Labute approximate surface area is 99.0 Å². The van der Waals surface area contributed by atoms with Gasteiger partial charge in [-0.3, -0.25) is 0 Å². The maximum absolute atomic E-state index is 5.33. The molecule has 2 nitrogen and oxygen atoms in total. The summed E-state index contributed by atoms with van der Waals surface area (Å²) in [6.45, 7) is 7.60. The largest absolute Gasteiger partial charge is 0.496 e. The van der Waals surface area contributed by atoms with Gasteiger partial charge in [-0.1, -0.05) is 39.0 Å². The summed E-state index contributed by atoms with van der Waals surface area (Å²) in [5, 5.41) is 3.58.